The van der Waals surface area contributed by atoms with Crippen LogP contribution in [-0.2, 0) is 0 Å². The number of nitrogens with zero attached hydrogens (tertiary/aromatic N) is 5. The molecular weight excluding hydrogens is 358 g/mol. The summed E-state index contributed by atoms with van der Waals surface area (Å²) in [4.78, 5) is 17.5. The summed E-state index contributed by atoms with van der Waals surface area (Å²) in [6, 6.07) is 15.0. The van der Waals surface area contributed by atoms with E-state index in [4.69, 9.17) is 9.47 Å². The van der Waals surface area contributed by atoms with E-state index in [2.05, 4.69) is 15.2 Å². The molecule has 1 aliphatic rings. The first kappa shape index (κ1) is 16.2. The molecule has 0 radical (unpaired) electrons. The van der Waals surface area contributed by atoms with Gasteiger partial charge in [0.25, 0.3) is 5.56 Å². The zero-order valence-electron chi connectivity index (χ0n) is 14.9. The van der Waals surface area contributed by atoms with Crippen LogP contribution in [0.1, 0.15) is 11.4 Å². The molecule has 0 spiro atoms. The van der Waals surface area contributed by atoms with Crippen LogP contribution in [-0.4, -0.2) is 32.4 Å². The highest BCUT2D eigenvalue weighted by Crippen LogP contribution is 2.32. The van der Waals surface area contributed by atoms with Crippen LogP contribution in [0.3, 0.4) is 0 Å². The van der Waals surface area contributed by atoms with Gasteiger partial charge in [0.2, 0.25) is 6.79 Å². The molecule has 4 aromatic rings. The van der Waals surface area contributed by atoms with E-state index in [0.717, 1.165) is 11.3 Å². The second-order valence-electron chi connectivity index (χ2n) is 6.26. The lowest BCUT2D eigenvalue weighted by atomic mass is 10.2. The van der Waals surface area contributed by atoms with Crippen LogP contribution >= 0.6 is 0 Å². The molecule has 2 aromatic carbocycles. The molecule has 0 saturated heterocycles. The van der Waals surface area contributed by atoms with Gasteiger partial charge in [-0.25, -0.2) is 9.67 Å². The Morgan fingerprint density at radius 3 is 2.79 bits per heavy atom. The number of benzene rings is 2. The molecule has 8 heteroatoms. The van der Waals surface area contributed by atoms with Crippen molar-refractivity contribution in [2.75, 3.05) is 6.79 Å². The molecule has 0 fully saturated rings. The van der Waals surface area contributed by atoms with Gasteiger partial charge in [-0.05, 0) is 42.8 Å². The van der Waals surface area contributed by atoms with Crippen LogP contribution in [0.4, 0.5) is 0 Å². The molecule has 0 saturated carbocycles. The van der Waals surface area contributed by atoms with Gasteiger partial charge in [0.15, 0.2) is 17.1 Å². The first-order valence-electron chi connectivity index (χ1n) is 8.67. The van der Waals surface area contributed by atoms with Crippen molar-refractivity contribution in [3.63, 3.8) is 0 Å². The molecule has 8 nitrogen and oxygen atoms in total. The van der Waals surface area contributed by atoms with Crippen LogP contribution < -0.4 is 15.0 Å². The van der Waals surface area contributed by atoms with Gasteiger partial charge in [0.05, 0.1) is 18.1 Å². The van der Waals surface area contributed by atoms with Crippen LogP contribution in [0.5, 0.6) is 11.5 Å². The van der Waals surface area contributed by atoms with Crippen molar-refractivity contribution >= 4 is 17.2 Å². The Kier molecular flexibility index (Phi) is 3.68. The Morgan fingerprint density at radius 1 is 1.11 bits per heavy atom. The quantitative estimate of drug-likeness (QED) is 0.515. The Bertz CT molecular complexity index is 1270. The number of rotatable bonds is 3. The average molecular weight is 373 g/mol. The molecule has 28 heavy (non-hydrogen) atoms. The molecule has 1 aliphatic heterocycles. The fraction of sp³-hybridized carbons (Fsp3) is 0.100. The number of fused-ring (bicyclic) bond motifs is 2. The molecule has 2 aromatic heterocycles. The van der Waals surface area contributed by atoms with Crippen LogP contribution in [0.15, 0.2) is 64.6 Å². The van der Waals surface area contributed by atoms with E-state index in [0.29, 0.717) is 28.4 Å². The highest BCUT2D eigenvalue weighted by molar-refractivity contribution is 5.81. The van der Waals surface area contributed by atoms with E-state index in [1.165, 1.54) is 10.9 Å². The van der Waals surface area contributed by atoms with E-state index >= 15 is 0 Å². The summed E-state index contributed by atoms with van der Waals surface area (Å²) in [5.74, 6) is 1.82. The summed E-state index contributed by atoms with van der Waals surface area (Å²) in [5.41, 5.74) is 1.85. The van der Waals surface area contributed by atoms with Gasteiger partial charge in [0.1, 0.15) is 11.2 Å². The standard InChI is InChI=1S/C20H15N5O3/c1-13-23-19-16(11-22-25(19)15-5-3-2-4-6-15)20(26)24(13)21-10-14-7-8-17-18(9-14)28-12-27-17/h2-11H,12H2,1H3. The number of hydrogen-bond acceptors (Lipinski definition) is 6. The van der Waals surface area contributed by atoms with Crippen molar-refractivity contribution in [1.82, 2.24) is 19.4 Å². The summed E-state index contributed by atoms with van der Waals surface area (Å²) in [5, 5.41) is 9.04. The molecule has 0 atom stereocenters. The minimum atomic E-state index is -0.276. The molecule has 3 heterocycles. The third-order valence-corrected chi connectivity index (χ3v) is 4.46. The van der Waals surface area contributed by atoms with Crippen molar-refractivity contribution in [3.8, 4) is 17.2 Å². The summed E-state index contributed by atoms with van der Waals surface area (Å²) in [7, 11) is 0. The minimum Gasteiger partial charge on any atom is -0.454 e. The van der Waals surface area contributed by atoms with Crippen LogP contribution in [0, 0.1) is 6.92 Å². The minimum absolute atomic E-state index is 0.209. The fourth-order valence-electron chi connectivity index (χ4n) is 3.07. The fourth-order valence-corrected chi connectivity index (χ4v) is 3.07. The van der Waals surface area contributed by atoms with Gasteiger partial charge in [-0.15, -0.1) is 0 Å². The maximum atomic E-state index is 12.9. The molecule has 5 rings (SSSR count). The van der Waals surface area contributed by atoms with Crippen LogP contribution in [0.2, 0.25) is 0 Å². The lowest BCUT2D eigenvalue weighted by Gasteiger charge is -2.06. The smallest absolute Gasteiger partial charge is 0.285 e. The van der Waals surface area contributed by atoms with Crippen molar-refractivity contribution in [1.29, 1.82) is 0 Å². The van der Waals surface area contributed by atoms with Crippen molar-refractivity contribution in [3.05, 3.63) is 76.5 Å². The number of aryl methyl sites for hydroxylation is 1. The summed E-state index contributed by atoms with van der Waals surface area (Å²) in [6.45, 7) is 1.95. The molecular formula is C20H15N5O3. The topological polar surface area (TPSA) is 83.5 Å². The Hall–Kier alpha value is -3.94. The second-order valence-corrected chi connectivity index (χ2v) is 6.26. The van der Waals surface area contributed by atoms with E-state index in [1.807, 2.05) is 48.5 Å². The zero-order chi connectivity index (χ0) is 19.1. The highest BCUT2D eigenvalue weighted by atomic mass is 16.7. The van der Waals surface area contributed by atoms with E-state index in [9.17, 15) is 4.79 Å². The molecule has 0 aliphatic carbocycles. The molecule has 138 valence electrons. The van der Waals surface area contributed by atoms with Crippen molar-refractivity contribution < 1.29 is 9.47 Å². The molecule has 0 unspecified atom stereocenters. The van der Waals surface area contributed by atoms with Gasteiger partial charge in [-0.3, -0.25) is 4.79 Å². The van der Waals surface area contributed by atoms with Crippen molar-refractivity contribution in [2.45, 2.75) is 6.92 Å². The predicted octanol–water partition coefficient (Wildman–Crippen LogP) is 2.50. The largest absolute Gasteiger partial charge is 0.454 e. The number of hydrogen-bond donors (Lipinski definition) is 0. The van der Waals surface area contributed by atoms with E-state index in [1.54, 1.807) is 17.8 Å². The van der Waals surface area contributed by atoms with Crippen molar-refractivity contribution in [2.24, 2.45) is 5.10 Å². The predicted molar refractivity (Wildman–Crippen MR) is 103 cm³/mol. The first-order valence-corrected chi connectivity index (χ1v) is 8.67. The lowest BCUT2D eigenvalue weighted by molar-refractivity contribution is 0.174. The van der Waals surface area contributed by atoms with E-state index < -0.39 is 0 Å². The number of para-hydroxylation sites is 1. The molecule has 0 N–H and O–H groups in total. The van der Waals surface area contributed by atoms with E-state index in [-0.39, 0.29) is 12.4 Å². The first-order chi connectivity index (χ1) is 13.7. The Balaban J connectivity index is 1.56. The third kappa shape index (κ3) is 2.62. The summed E-state index contributed by atoms with van der Waals surface area (Å²) < 4.78 is 13.6. The van der Waals surface area contributed by atoms with Crippen LogP contribution in [0.25, 0.3) is 16.7 Å². The molecule has 0 bridgehead atoms. The average Bonchev–Trinajstić information content (AvgIpc) is 3.35. The van der Waals surface area contributed by atoms with Gasteiger partial charge >= 0.3 is 0 Å². The Labute approximate surface area is 159 Å². The normalized spacial score (nSPS) is 12.9. The second kappa shape index (κ2) is 6.34. The SMILES string of the molecule is Cc1nc2c(cnn2-c2ccccc2)c(=O)n1N=Cc1ccc2c(c1)OCO2. The maximum absolute atomic E-state index is 12.9. The zero-order valence-corrected chi connectivity index (χ0v) is 14.9. The van der Waals surface area contributed by atoms with Gasteiger partial charge in [-0.1, -0.05) is 18.2 Å². The summed E-state index contributed by atoms with van der Waals surface area (Å²) in [6.07, 6.45) is 3.11. The monoisotopic (exact) mass is 373 g/mol. The number of ether oxygens (including phenoxy) is 2. The van der Waals surface area contributed by atoms with Gasteiger partial charge < -0.3 is 9.47 Å². The highest BCUT2D eigenvalue weighted by Gasteiger charge is 2.15. The number of aromatic nitrogens is 4. The van der Waals surface area contributed by atoms with Gasteiger partial charge in [0, 0.05) is 0 Å². The third-order valence-electron chi connectivity index (χ3n) is 4.46. The van der Waals surface area contributed by atoms with Gasteiger partial charge in [-0.2, -0.15) is 14.9 Å². The Morgan fingerprint density at radius 2 is 1.93 bits per heavy atom. The maximum Gasteiger partial charge on any atom is 0.285 e. The summed E-state index contributed by atoms with van der Waals surface area (Å²) >= 11 is 0. The molecule has 0 amide bonds. The lowest BCUT2D eigenvalue weighted by Crippen LogP contribution is -2.20.